The third kappa shape index (κ3) is 5.17. The van der Waals surface area contributed by atoms with Gasteiger partial charge in [0.25, 0.3) is 0 Å². The Balaban J connectivity index is 1.56. The standard InChI is InChI=1S/C18H24N4S3/c1-14-19-15(13-25-14)12-21-8-5-9-22(11-10-21)18(23)20-16-6-3-4-7-17(16)24-2/h3-4,6-7,13H,5,8-12H2,1-2H3,(H,20,23). The van der Waals surface area contributed by atoms with Crippen molar-refractivity contribution in [1.29, 1.82) is 0 Å². The number of nitrogens with one attached hydrogen (secondary N) is 1. The Kier molecular flexibility index (Phi) is 6.70. The molecule has 1 aromatic heterocycles. The molecule has 1 N–H and O–H groups in total. The van der Waals surface area contributed by atoms with E-state index in [0.717, 1.165) is 55.0 Å². The third-order valence-electron chi connectivity index (χ3n) is 4.28. The van der Waals surface area contributed by atoms with Crippen LogP contribution in [0.3, 0.4) is 0 Å². The number of para-hydroxylation sites is 1. The molecule has 1 aliphatic heterocycles. The number of aromatic nitrogens is 1. The molecule has 1 fully saturated rings. The first kappa shape index (κ1) is 18.6. The summed E-state index contributed by atoms with van der Waals surface area (Å²) in [6.07, 6.45) is 3.21. The summed E-state index contributed by atoms with van der Waals surface area (Å²) in [6.45, 7) is 7.07. The topological polar surface area (TPSA) is 31.4 Å². The molecule has 1 aliphatic rings. The van der Waals surface area contributed by atoms with E-state index in [0.29, 0.717) is 0 Å². The maximum Gasteiger partial charge on any atom is 0.173 e. The van der Waals surface area contributed by atoms with E-state index in [1.807, 2.05) is 6.07 Å². The van der Waals surface area contributed by atoms with Crippen molar-refractivity contribution in [2.75, 3.05) is 37.8 Å². The molecule has 1 aromatic carbocycles. The molecule has 4 nitrogen and oxygen atoms in total. The molecule has 2 aromatic rings. The molecule has 134 valence electrons. The van der Waals surface area contributed by atoms with Crippen LogP contribution in [-0.2, 0) is 6.54 Å². The van der Waals surface area contributed by atoms with E-state index in [1.165, 1.54) is 10.6 Å². The molecular weight excluding hydrogens is 368 g/mol. The molecule has 1 saturated heterocycles. The molecule has 0 bridgehead atoms. The summed E-state index contributed by atoms with van der Waals surface area (Å²) < 4.78 is 0. The van der Waals surface area contributed by atoms with Crippen LogP contribution >= 0.6 is 35.3 Å². The molecule has 7 heteroatoms. The van der Waals surface area contributed by atoms with Gasteiger partial charge in [-0.2, -0.15) is 0 Å². The number of aryl methyl sites for hydroxylation is 1. The minimum absolute atomic E-state index is 0.827. The van der Waals surface area contributed by atoms with Crippen LogP contribution in [0.2, 0.25) is 0 Å². The summed E-state index contributed by atoms with van der Waals surface area (Å²) in [5.74, 6) is 0. The van der Waals surface area contributed by atoms with Crippen LogP contribution in [0.1, 0.15) is 17.1 Å². The summed E-state index contributed by atoms with van der Waals surface area (Å²) in [6, 6.07) is 8.32. The summed E-state index contributed by atoms with van der Waals surface area (Å²) in [4.78, 5) is 10.6. The number of hydrogen-bond acceptors (Lipinski definition) is 5. The van der Waals surface area contributed by atoms with Crippen LogP contribution in [0.15, 0.2) is 34.5 Å². The molecule has 0 atom stereocenters. The van der Waals surface area contributed by atoms with Crippen molar-refractivity contribution in [3.63, 3.8) is 0 Å². The van der Waals surface area contributed by atoms with Gasteiger partial charge in [0, 0.05) is 43.0 Å². The monoisotopic (exact) mass is 392 g/mol. The van der Waals surface area contributed by atoms with Gasteiger partial charge in [0.2, 0.25) is 0 Å². The highest BCUT2D eigenvalue weighted by Crippen LogP contribution is 2.25. The molecule has 0 saturated carbocycles. The first-order chi connectivity index (χ1) is 12.2. The van der Waals surface area contributed by atoms with Crippen molar-refractivity contribution in [1.82, 2.24) is 14.8 Å². The molecule has 2 heterocycles. The number of benzene rings is 1. The van der Waals surface area contributed by atoms with Crippen LogP contribution in [0.4, 0.5) is 5.69 Å². The van der Waals surface area contributed by atoms with Crippen molar-refractivity contribution in [2.24, 2.45) is 0 Å². The molecule has 0 unspecified atom stereocenters. The van der Waals surface area contributed by atoms with Crippen molar-refractivity contribution < 1.29 is 0 Å². The SMILES string of the molecule is CSc1ccccc1NC(=S)N1CCCN(Cc2csc(C)n2)CC1. The van der Waals surface area contributed by atoms with Crippen LogP contribution in [0.25, 0.3) is 0 Å². The Labute approximate surface area is 163 Å². The highest BCUT2D eigenvalue weighted by molar-refractivity contribution is 7.98. The predicted octanol–water partition coefficient (Wildman–Crippen LogP) is 4.08. The van der Waals surface area contributed by atoms with Gasteiger partial charge in [-0.05, 0) is 44.0 Å². The van der Waals surface area contributed by atoms with Gasteiger partial charge in [0.15, 0.2) is 5.11 Å². The molecule has 25 heavy (non-hydrogen) atoms. The summed E-state index contributed by atoms with van der Waals surface area (Å²) in [7, 11) is 0. The number of thiazole rings is 1. The van der Waals surface area contributed by atoms with Gasteiger partial charge in [0.1, 0.15) is 0 Å². The Morgan fingerprint density at radius 3 is 2.88 bits per heavy atom. The predicted molar refractivity (Wildman–Crippen MR) is 113 cm³/mol. The van der Waals surface area contributed by atoms with Crippen LogP contribution in [0, 0.1) is 6.92 Å². The quantitative estimate of drug-likeness (QED) is 0.623. The number of thiocarbonyl (C=S) groups is 1. The minimum Gasteiger partial charge on any atom is -0.348 e. The first-order valence-corrected chi connectivity index (χ1v) is 11.0. The average molecular weight is 393 g/mol. The fourth-order valence-electron chi connectivity index (χ4n) is 2.98. The Morgan fingerprint density at radius 2 is 2.12 bits per heavy atom. The van der Waals surface area contributed by atoms with E-state index in [-0.39, 0.29) is 0 Å². The normalized spacial score (nSPS) is 15.8. The lowest BCUT2D eigenvalue weighted by molar-refractivity contribution is 0.275. The fraction of sp³-hybridized carbons (Fsp3) is 0.444. The summed E-state index contributed by atoms with van der Waals surface area (Å²) >= 11 is 9.14. The maximum atomic E-state index is 5.67. The zero-order valence-corrected chi connectivity index (χ0v) is 17.1. The van der Waals surface area contributed by atoms with Crippen molar-refractivity contribution >= 4 is 46.1 Å². The number of nitrogens with zero attached hydrogens (tertiary/aromatic N) is 3. The van der Waals surface area contributed by atoms with Gasteiger partial charge >= 0.3 is 0 Å². The van der Waals surface area contributed by atoms with Crippen LogP contribution in [-0.4, -0.2) is 52.3 Å². The summed E-state index contributed by atoms with van der Waals surface area (Å²) in [5.41, 5.74) is 2.28. The number of anilines is 1. The smallest absolute Gasteiger partial charge is 0.173 e. The van der Waals surface area contributed by atoms with Gasteiger partial charge in [0.05, 0.1) is 16.4 Å². The van der Waals surface area contributed by atoms with Gasteiger partial charge < -0.3 is 10.2 Å². The largest absolute Gasteiger partial charge is 0.348 e. The molecular formula is C18H24N4S3. The zero-order valence-electron chi connectivity index (χ0n) is 14.7. The van der Waals surface area contributed by atoms with Gasteiger partial charge in [-0.15, -0.1) is 23.1 Å². The zero-order chi connectivity index (χ0) is 17.6. The number of rotatable bonds is 4. The average Bonchev–Trinajstić information content (AvgIpc) is 2.88. The lowest BCUT2D eigenvalue weighted by Gasteiger charge is -2.25. The Bertz CT molecular complexity index is 716. The number of hydrogen-bond donors (Lipinski definition) is 1. The van der Waals surface area contributed by atoms with Gasteiger partial charge in [-0.3, -0.25) is 4.90 Å². The minimum atomic E-state index is 0.827. The second kappa shape index (κ2) is 8.98. The van der Waals surface area contributed by atoms with Crippen LogP contribution in [0.5, 0.6) is 0 Å². The molecule has 0 spiro atoms. The highest BCUT2D eigenvalue weighted by atomic mass is 32.2. The highest BCUT2D eigenvalue weighted by Gasteiger charge is 2.18. The van der Waals surface area contributed by atoms with E-state index >= 15 is 0 Å². The van der Waals surface area contributed by atoms with Gasteiger partial charge in [-0.1, -0.05) is 12.1 Å². The van der Waals surface area contributed by atoms with E-state index in [4.69, 9.17) is 12.2 Å². The molecule has 0 amide bonds. The molecule has 0 aliphatic carbocycles. The number of thioether (sulfide) groups is 1. The molecule has 3 rings (SSSR count). The second-order valence-electron chi connectivity index (χ2n) is 6.11. The van der Waals surface area contributed by atoms with Crippen molar-refractivity contribution in [2.45, 2.75) is 24.8 Å². The van der Waals surface area contributed by atoms with Crippen molar-refractivity contribution in [3.05, 3.63) is 40.3 Å². The Morgan fingerprint density at radius 1 is 1.28 bits per heavy atom. The van der Waals surface area contributed by atoms with E-state index in [1.54, 1.807) is 23.1 Å². The van der Waals surface area contributed by atoms with Crippen molar-refractivity contribution in [3.8, 4) is 0 Å². The van der Waals surface area contributed by atoms with Crippen LogP contribution < -0.4 is 5.32 Å². The maximum absolute atomic E-state index is 5.67. The third-order valence-corrected chi connectivity index (χ3v) is 6.25. The first-order valence-electron chi connectivity index (χ1n) is 8.48. The van der Waals surface area contributed by atoms with Gasteiger partial charge in [-0.25, -0.2) is 4.98 Å². The van der Waals surface area contributed by atoms with E-state index in [2.05, 4.69) is 56.9 Å². The summed E-state index contributed by atoms with van der Waals surface area (Å²) in [5, 5.41) is 7.57. The lowest BCUT2D eigenvalue weighted by atomic mass is 10.3. The van der Waals surface area contributed by atoms with E-state index < -0.39 is 0 Å². The Hall–Kier alpha value is -1.15. The fourth-order valence-corrected chi connectivity index (χ4v) is 4.43. The second-order valence-corrected chi connectivity index (χ2v) is 8.40. The molecule has 0 radical (unpaired) electrons. The lowest BCUT2D eigenvalue weighted by Crippen LogP contribution is -2.37. The van der Waals surface area contributed by atoms with E-state index in [9.17, 15) is 0 Å².